The first-order valence-corrected chi connectivity index (χ1v) is 47.2. The van der Waals surface area contributed by atoms with Gasteiger partial charge in [-0.15, -0.1) is 0 Å². The smallest absolute Gasteiger partial charge is 0.287 e. The van der Waals surface area contributed by atoms with Crippen LogP contribution >= 0.6 is 0 Å². The molecule has 698 valence electrons. The zero-order valence-electron chi connectivity index (χ0n) is 76.0. The van der Waals surface area contributed by atoms with Gasteiger partial charge in [-0.1, -0.05) is 66.8 Å². The number of allylic oxidation sites excluding steroid dienone is 2. The predicted molar refractivity (Wildman–Crippen MR) is 523 cm³/mol. The van der Waals surface area contributed by atoms with Gasteiger partial charge in [-0.3, -0.25) is 61.5 Å². The molecule has 1 saturated heterocycles. The number of nitrogens with one attached hydrogen (secondary N) is 3. The minimum atomic E-state index is -3.76. The molecule has 22 rings (SSSR count). The number of sulfonamides is 1. The van der Waals surface area contributed by atoms with Crippen LogP contribution in [0.4, 0.5) is 17.6 Å². The van der Waals surface area contributed by atoms with Gasteiger partial charge in [0.1, 0.15) is 28.9 Å². The number of carbonyl (C=O) groups is 5. The third-order valence-electron chi connectivity index (χ3n) is 26.7. The van der Waals surface area contributed by atoms with E-state index in [1.165, 1.54) is 62.3 Å². The van der Waals surface area contributed by atoms with Gasteiger partial charge in [0.25, 0.3) is 17.7 Å². The van der Waals surface area contributed by atoms with E-state index in [9.17, 15) is 50.0 Å². The molecule has 17 aromatic rings. The van der Waals surface area contributed by atoms with Crippen molar-refractivity contribution < 1.29 is 50.0 Å². The molecule has 2 saturated carbocycles. The second-order valence-electron chi connectivity index (χ2n) is 35.6. The highest BCUT2D eigenvalue weighted by Crippen LogP contribution is 2.46. The lowest BCUT2D eigenvalue weighted by Crippen LogP contribution is -2.48. The van der Waals surface area contributed by atoms with E-state index in [1.807, 2.05) is 138 Å². The van der Waals surface area contributed by atoms with E-state index in [0.717, 1.165) is 143 Å². The topological polar surface area (TPSA) is 358 Å². The summed E-state index contributed by atoms with van der Waals surface area (Å²) in [6.07, 6.45) is 34.3. The fourth-order valence-corrected chi connectivity index (χ4v) is 20.1. The standard InChI is InChI=1S/2C28H24FN5O2.C27H28FN5O.C25H19FN4O2S/c1-15-11-17(7-9-22(15)29)24-21(3-2-10-31-24)19-6-8-20-13-32-27(34(20)14-19)28(36)33-25-18-5-4-16(12-18)23(25)26(30)35;1-15-11-18(6-7-22(15)29)24-21(3-2-9-31-24)16-8-10-34-20(13-16)14-32-27(34)28(36)33-25-19-5-4-17(12-19)23(25)26(30)35;1-19-16-21(7-8-24(19)28)25-23(6-4-10-29-25)20-9-15-33-22(17-20)18-31-26(33)27(34)30-11-5-14-32-12-2-3-13-32;1-16-13-18(6-10-22(16)26)25-21(3-2-12-28-25)19-7-11-24-29-14-23(30(24)15-19)17-4-8-20(9-5-17)33(27,31)32/h2-11,13-14,16,18,23,25H,12H2,1H3,(H2,30,35)(H,33,36);2-11,13-14,17,19,23,25H,12H2,1H3,(H2,30,35)(H,33,36);4,6-10,15-18H,2-3,5,11-14H2,1H3,(H,30,34);2-15H,1H3,(H2,27,31,32)/t16?,18?,23-,25+;17?,19?,23-,25+;;/m00../s1. The molecular weight excluding hydrogens is 1780 g/mol. The number of primary amides is 2. The number of benzene rings is 5. The maximum atomic E-state index is 13.9. The maximum Gasteiger partial charge on any atom is 0.287 e. The molecule has 12 aromatic heterocycles. The third-order valence-corrected chi connectivity index (χ3v) is 27.6. The molecule has 0 spiro atoms. The molecule has 5 aliphatic rings. The van der Waals surface area contributed by atoms with Crippen LogP contribution in [0.3, 0.4) is 0 Å². The van der Waals surface area contributed by atoms with Crippen LogP contribution < -0.4 is 32.6 Å². The summed E-state index contributed by atoms with van der Waals surface area (Å²) in [4.78, 5) is 102. The van der Waals surface area contributed by atoms with Crippen molar-refractivity contribution in [3.05, 3.63) is 356 Å². The maximum absolute atomic E-state index is 13.9. The number of hydrogen-bond donors (Lipinski definition) is 6. The van der Waals surface area contributed by atoms with Gasteiger partial charge in [0, 0.05) is 129 Å². The Balaban J connectivity index is 0.000000118. The number of imidazole rings is 4. The van der Waals surface area contributed by atoms with E-state index in [2.05, 4.69) is 72.9 Å². The first-order chi connectivity index (χ1) is 67.2. The van der Waals surface area contributed by atoms with Crippen molar-refractivity contribution in [2.75, 3.05) is 26.2 Å². The number of aromatic nitrogens is 12. The Morgan fingerprint density at radius 3 is 1.20 bits per heavy atom. The first kappa shape index (κ1) is 92.0. The molecule has 31 heteroatoms. The van der Waals surface area contributed by atoms with Crippen molar-refractivity contribution >= 4 is 61.8 Å². The van der Waals surface area contributed by atoms with Gasteiger partial charge in [-0.2, -0.15) is 0 Å². The highest BCUT2D eigenvalue weighted by atomic mass is 32.2. The second kappa shape index (κ2) is 38.9. The summed E-state index contributed by atoms with van der Waals surface area (Å²) in [6, 6.07) is 56.4. The number of aryl methyl sites for hydroxylation is 4. The van der Waals surface area contributed by atoms with Crippen molar-refractivity contribution in [1.82, 2.24) is 78.3 Å². The fraction of sp³-hybridized carbons (Fsp3) is 0.194. The zero-order valence-corrected chi connectivity index (χ0v) is 76.8. The lowest BCUT2D eigenvalue weighted by molar-refractivity contribution is -0.123. The van der Waals surface area contributed by atoms with Crippen LogP contribution in [0, 0.1) is 86.5 Å². The number of amides is 5. The lowest BCUT2D eigenvalue weighted by Gasteiger charge is -2.26. The Kier molecular flexibility index (Phi) is 25.8. The average molecular weight is 1880 g/mol. The SMILES string of the molecule is Cc1cc(-c2ncccc2-c2ccc3cnc(C(=O)N[C@@H]4C5C=CC(C5)[C@@H]4C(N)=O)n3c2)ccc1F.Cc1cc(-c2ncccc2-c2ccc3ncc(-c4ccc(S(N)(=O)=O)cc4)n3c2)ccc1F.Cc1cc(-c2ncccc2-c2ccn3c(C(=O)NCCCN4CCCC4)ncc3c2)ccc1F.Cc1cc(-c2ncccc2-c2ccn3c(C(=O)N[C@@H]4C5C=CC(C5)[C@@H]4C(N)=O)ncc3c2)ccc1F. The number of halogens is 4. The first-order valence-electron chi connectivity index (χ1n) is 45.7. The minimum Gasteiger partial charge on any atom is -0.369 e. The number of hydrogen-bond acceptors (Lipinski definition) is 16. The number of carbonyl (C=O) groups excluding carboxylic acids is 5. The van der Waals surface area contributed by atoms with Gasteiger partial charge in [0.15, 0.2) is 0 Å². The molecule has 5 amide bonds. The Hall–Kier alpha value is -16.1. The van der Waals surface area contributed by atoms with Crippen LogP contribution in [0.5, 0.6) is 0 Å². The van der Waals surface area contributed by atoms with Crippen molar-refractivity contribution in [3.63, 3.8) is 0 Å². The molecule has 13 heterocycles. The van der Waals surface area contributed by atoms with Crippen molar-refractivity contribution in [2.24, 2.45) is 52.1 Å². The largest absolute Gasteiger partial charge is 0.369 e. The number of nitrogens with zero attached hydrogens (tertiary/aromatic N) is 13. The van der Waals surface area contributed by atoms with Gasteiger partial charge in [-0.25, -0.2) is 51.1 Å². The Morgan fingerprint density at radius 1 is 0.396 bits per heavy atom. The number of nitrogens with two attached hydrogens (primary N) is 3. The number of fused-ring (bicyclic) bond motifs is 8. The number of rotatable bonds is 21. The molecule has 139 heavy (non-hydrogen) atoms. The number of pyridine rings is 8. The lowest BCUT2D eigenvalue weighted by atomic mass is 9.88. The highest BCUT2D eigenvalue weighted by Gasteiger charge is 2.50. The summed E-state index contributed by atoms with van der Waals surface area (Å²) in [7, 11) is -3.76. The van der Waals surface area contributed by atoms with Crippen LogP contribution in [0.2, 0.25) is 0 Å². The van der Waals surface area contributed by atoms with Crippen LogP contribution in [0.25, 0.3) is 123 Å². The van der Waals surface area contributed by atoms with E-state index in [1.54, 1.807) is 151 Å². The molecule has 9 N–H and O–H groups in total. The van der Waals surface area contributed by atoms with E-state index < -0.39 is 33.7 Å². The molecule has 4 unspecified atom stereocenters. The van der Waals surface area contributed by atoms with Crippen LogP contribution in [-0.2, 0) is 19.6 Å². The molecule has 3 fully saturated rings. The van der Waals surface area contributed by atoms with Crippen LogP contribution in [-0.4, -0.2) is 139 Å². The van der Waals surface area contributed by atoms with Gasteiger partial charge in [0.2, 0.25) is 39.3 Å². The van der Waals surface area contributed by atoms with Gasteiger partial charge < -0.3 is 32.3 Å². The molecule has 0 radical (unpaired) electrons. The molecular formula is C108H95F4N19O7S. The van der Waals surface area contributed by atoms with Crippen molar-refractivity contribution in [2.45, 2.75) is 76.8 Å². The summed E-state index contributed by atoms with van der Waals surface area (Å²) in [5.74, 6) is -2.29. The summed E-state index contributed by atoms with van der Waals surface area (Å²) >= 11 is 0. The molecule has 26 nitrogen and oxygen atoms in total. The van der Waals surface area contributed by atoms with E-state index >= 15 is 0 Å². The third kappa shape index (κ3) is 19.0. The number of likely N-dealkylation sites (tertiary alicyclic amines) is 1. The zero-order chi connectivity index (χ0) is 96.6. The Bertz CT molecular complexity index is 7880. The summed E-state index contributed by atoms with van der Waals surface area (Å²) in [6.45, 7) is 10.9. The van der Waals surface area contributed by atoms with E-state index in [-0.39, 0.29) is 93.3 Å². The molecule has 4 aliphatic carbocycles. The monoisotopic (exact) mass is 1880 g/mol. The minimum absolute atomic E-state index is 0.0513. The van der Waals surface area contributed by atoms with E-state index in [0.29, 0.717) is 40.3 Å². The van der Waals surface area contributed by atoms with Crippen LogP contribution in [0.1, 0.15) is 86.2 Å². The Labute approximate surface area is 797 Å². The second-order valence-corrected chi connectivity index (χ2v) is 37.2. The van der Waals surface area contributed by atoms with Gasteiger partial charge >= 0.3 is 0 Å². The number of primary sulfonamides is 1. The normalized spacial score (nSPS) is 17.8. The van der Waals surface area contributed by atoms with Crippen molar-refractivity contribution in [3.8, 4) is 101 Å². The van der Waals surface area contributed by atoms with Gasteiger partial charge in [-0.05, 0) is 288 Å². The molecule has 5 aromatic carbocycles. The molecule has 8 atom stereocenters. The highest BCUT2D eigenvalue weighted by molar-refractivity contribution is 7.89. The fourth-order valence-electron chi connectivity index (χ4n) is 19.6. The predicted octanol–water partition coefficient (Wildman–Crippen LogP) is 17.4. The van der Waals surface area contributed by atoms with E-state index in [4.69, 9.17) is 16.6 Å². The Morgan fingerprint density at radius 2 is 0.777 bits per heavy atom. The molecule has 4 bridgehead atoms. The van der Waals surface area contributed by atoms with Gasteiger partial charge in [0.05, 0.1) is 86.5 Å². The molecule has 1 aliphatic heterocycles. The van der Waals surface area contributed by atoms with Crippen LogP contribution in [0.15, 0.2) is 298 Å². The van der Waals surface area contributed by atoms with Crippen molar-refractivity contribution in [1.29, 1.82) is 0 Å². The summed E-state index contributed by atoms with van der Waals surface area (Å²) in [5, 5.41) is 14.2. The quantitative estimate of drug-likeness (QED) is 0.0221. The average Bonchev–Trinajstić information content (AvgIpc) is 1.68. The summed E-state index contributed by atoms with van der Waals surface area (Å²) < 4.78 is 85.6. The summed E-state index contributed by atoms with van der Waals surface area (Å²) in [5.41, 5.74) is 31.6.